The highest BCUT2D eigenvalue weighted by Crippen LogP contribution is 2.28. The number of nitro groups is 1. The molecule has 2 aromatic heterocycles. The summed E-state index contributed by atoms with van der Waals surface area (Å²) in [6.45, 7) is 4.22. The molecular formula is C17H15N5O3S2. The topological polar surface area (TPSA) is 103 Å². The van der Waals surface area contributed by atoms with Crippen LogP contribution in [0.4, 0.5) is 10.8 Å². The second-order valence-electron chi connectivity index (χ2n) is 5.31. The Morgan fingerprint density at radius 3 is 3.00 bits per heavy atom. The van der Waals surface area contributed by atoms with Crippen LogP contribution in [0.25, 0.3) is 11.3 Å². The summed E-state index contributed by atoms with van der Waals surface area (Å²) in [4.78, 5) is 31.0. The van der Waals surface area contributed by atoms with Crippen LogP contribution in [0.15, 0.2) is 59.9 Å². The second-order valence-corrected chi connectivity index (χ2v) is 7.14. The average molecular weight is 401 g/mol. The van der Waals surface area contributed by atoms with Crippen molar-refractivity contribution in [1.29, 1.82) is 0 Å². The third-order valence-electron chi connectivity index (χ3n) is 3.49. The molecule has 0 aliphatic heterocycles. The van der Waals surface area contributed by atoms with E-state index in [1.165, 1.54) is 35.2 Å². The molecule has 0 radical (unpaired) electrons. The quantitative estimate of drug-likeness (QED) is 0.266. The standard InChI is InChI=1S/C17H15N5O3S2/c1-2-7-21-14(12-4-3-5-13(9-12)22(24)25)10-19-17(21)27-11-15(23)20-16-18-6-8-26-16/h2-6,8-10H,1,7,11H2,(H,18,20,23). The summed E-state index contributed by atoms with van der Waals surface area (Å²) >= 11 is 2.63. The highest BCUT2D eigenvalue weighted by Gasteiger charge is 2.15. The average Bonchev–Trinajstić information content (AvgIpc) is 3.30. The molecule has 10 heteroatoms. The number of nitrogens with one attached hydrogen (secondary N) is 1. The van der Waals surface area contributed by atoms with Gasteiger partial charge in [-0.3, -0.25) is 14.9 Å². The van der Waals surface area contributed by atoms with Crippen LogP contribution in [0.3, 0.4) is 0 Å². The van der Waals surface area contributed by atoms with Crippen LogP contribution >= 0.6 is 23.1 Å². The van der Waals surface area contributed by atoms with Crippen molar-refractivity contribution in [3.8, 4) is 11.3 Å². The molecule has 1 amide bonds. The number of amides is 1. The normalized spacial score (nSPS) is 10.5. The molecule has 0 spiro atoms. The Kier molecular flexibility index (Phi) is 5.99. The first-order valence-corrected chi connectivity index (χ1v) is 9.68. The van der Waals surface area contributed by atoms with Gasteiger partial charge in [-0.2, -0.15) is 0 Å². The number of hydrogen-bond donors (Lipinski definition) is 1. The number of hydrogen-bond acceptors (Lipinski definition) is 7. The van der Waals surface area contributed by atoms with Gasteiger partial charge in [-0.05, 0) is 0 Å². The molecular weight excluding hydrogens is 386 g/mol. The fourth-order valence-corrected chi connectivity index (χ4v) is 3.69. The largest absolute Gasteiger partial charge is 0.315 e. The zero-order chi connectivity index (χ0) is 19.2. The maximum Gasteiger partial charge on any atom is 0.270 e. The number of allylic oxidation sites excluding steroid dienone is 1. The van der Waals surface area contributed by atoms with Crippen LogP contribution in [0.1, 0.15) is 0 Å². The smallest absolute Gasteiger partial charge is 0.270 e. The van der Waals surface area contributed by atoms with Crippen LogP contribution in [0.5, 0.6) is 0 Å². The Bertz CT molecular complexity index is 969. The lowest BCUT2D eigenvalue weighted by Crippen LogP contribution is -2.14. The molecule has 0 aliphatic carbocycles. The van der Waals surface area contributed by atoms with E-state index in [9.17, 15) is 14.9 Å². The number of anilines is 1. The number of carbonyl (C=O) groups is 1. The van der Waals surface area contributed by atoms with Crippen LogP contribution in [-0.4, -0.2) is 31.1 Å². The van der Waals surface area contributed by atoms with Crippen molar-refractivity contribution in [2.24, 2.45) is 0 Å². The number of imidazole rings is 1. The van der Waals surface area contributed by atoms with E-state index in [1.807, 2.05) is 4.57 Å². The fraction of sp³-hybridized carbons (Fsp3) is 0.118. The number of thiazole rings is 1. The minimum atomic E-state index is -0.434. The van der Waals surface area contributed by atoms with Gasteiger partial charge in [0.25, 0.3) is 5.69 Å². The van der Waals surface area contributed by atoms with Gasteiger partial charge in [0, 0.05) is 35.8 Å². The highest BCUT2D eigenvalue weighted by molar-refractivity contribution is 7.99. The Hall–Kier alpha value is -2.98. The Balaban J connectivity index is 1.78. The molecule has 0 bridgehead atoms. The van der Waals surface area contributed by atoms with Gasteiger partial charge in [0.1, 0.15) is 0 Å². The summed E-state index contributed by atoms with van der Waals surface area (Å²) < 4.78 is 1.87. The van der Waals surface area contributed by atoms with Crippen molar-refractivity contribution in [1.82, 2.24) is 14.5 Å². The summed E-state index contributed by atoms with van der Waals surface area (Å²) in [5, 5.41) is 16.7. The molecule has 2 heterocycles. The van der Waals surface area contributed by atoms with E-state index in [4.69, 9.17) is 0 Å². The van der Waals surface area contributed by atoms with Gasteiger partial charge in [0.2, 0.25) is 5.91 Å². The lowest BCUT2D eigenvalue weighted by atomic mass is 10.1. The van der Waals surface area contributed by atoms with Crippen LogP contribution in [0, 0.1) is 10.1 Å². The van der Waals surface area contributed by atoms with Crippen molar-refractivity contribution in [2.75, 3.05) is 11.1 Å². The predicted octanol–water partition coefficient (Wildman–Crippen LogP) is 3.83. The summed E-state index contributed by atoms with van der Waals surface area (Å²) in [7, 11) is 0. The maximum atomic E-state index is 12.1. The van der Waals surface area contributed by atoms with E-state index in [2.05, 4.69) is 21.9 Å². The Morgan fingerprint density at radius 1 is 1.44 bits per heavy atom. The first kappa shape index (κ1) is 18.8. The molecule has 27 heavy (non-hydrogen) atoms. The zero-order valence-corrected chi connectivity index (χ0v) is 15.7. The SMILES string of the molecule is C=CCn1c(-c2cccc([N+](=O)[O-])c2)cnc1SCC(=O)Nc1nccs1. The predicted molar refractivity (Wildman–Crippen MR) is 106 cm³/mol. The third kappa shape index (κ3) is 4.60. The Morgan fingerprint density at radius 2 is 2.30 bits per heavy atom. The first-order chi connectivity index (χ1) is 13.1. The van der Waals surface area contributed by atoms with E-state index in [0.717, 1.165) is 5.69 Å². The number of rotatable bonds is 8. The number of carbonyl (C=O) groups excluding carboxylic acids is 1. The molecule has 0 saturated heterocycles. The number of nitrogens with zero attached hydrogens (tertiary/aromatic N) is 4. The van der Waals surface area contributed by atoms with Gasteiger partial charge in [-0.15, -0.1) is 17.9 Å². The number of nitro benzene ring substituents is 1. The summed E-state index contributed by atoms with van der Waals surface area (Å²) in [6.07, 6.45) is 4.97. The molecule has 0 unspecified atom stereocenters. The number of aromatic nitrogens is 3. The third-order valence-corrected chi connectivity index (χ3v) is 5.17. The van der Waals surface area contributed by atoms with Gasteiger partial charge < -0.3 is 9.88 Å². The lowest BCUT2D eigenvalue weighted by molar-refractivity contribution is -0.384. The molecule has 0 aliphatic rings. The van der Waals surface area contributed by atoms with Crippen molar-refractivity contribution >= 4 is 39.8 Å². The monoisotopic (exact) mass is 401 g/mol. The molecule has 0 fully saturated rings. The number of non-ortho nitro benzene ring substituents is 1. The van der Waals surface area contributed by atoms with Crippen LogP contribution in [-0.2, 0) is 11.3 Å². The van der Waals surface area contributed by atoms with E-state index in [1.54, 1.807) is 36.0 Å². The molecule has 8 nitrogen and oxygen atoms in total. The van der Waals surface area contributed by atoms with Gasteiger partial charge in [-0.25, -0.2) is 9.97 Å². The summed E-state index contributed by atoms with van der Waals surface area (Å²) in [5.41, 5.74) is 1.41. The number of benzene rings is 1. The first-order valence-electron chi connectivity index (χ1n) is 7.82. The van der Waals surface area contributed by atoms with Gasteiger partial charge in [0.05, 0.1) is 22.6 Å². The molecule has 1 aromatic carbocycles. The second kappa shape index (κ2) is 8.60. The van der Waals surface area contributed by atoms with E-state index >= 15 is 0 Å². The fourth-order valence-electron chi connectivity index (χ4n) is 2.36. The minimum Gasteiger partial charge on any atom is -0.315 e. The van der Waals surface area contributed by atoms with E-state index in [0.29, 0.717) is 22.4 Å². The molecule has 0 saturated carbocycles. The van der Waals surface area contributed by atoms with E-state index in [-0.39, 0.29) is 17.3 Å². The minimum absolute atomic E-state index is 0.0101. The van der Waals surface area contributed by atoms with Crippen molar-refractivity contribution in [3.05, 3.63) is 64.8 Å². The lowest BCUT2D eigenvalue weighted by Gasteiger charge is -2.09. The van der Waals surface area contributed by atoms with Crippen molar-refractivity contribution in [2.45, 2.75) is 11.7 Å². The molecule has 138 valence electrons. The van der Waals surface area contributed by atoms with Crippen molar-refractivity contribution in [3.63, 3.8) is 0 Å². The Labute approximate surface area is 163 Å². The summed E-state index contributed by atoms with van der Waals surface area (Å²) in [5.74, 6) is -0.0118. The van der Waals surface area contributed by atoms with Gasteiger partial charge >= 0.3 is 0 Å². The van der Waals surface area contributed by atoms with E-state index < -0.39 is 4.92 Å². The number of thioether (sulfide) groups is 1. The molecule has 3 rings (SSSR count). The molecule has 1 N–H and O–H groups in total. The van der Waals surface area contributed by atoms with Gasteiger partial charge in [0.15, 0.2) is 10.3 Å². The van der Waals surface area contributed by atoms with Crippen molar-refractivity contribution < 1.29 is 9.72 Å². The van der Waals surface area contributed by atoms with Gasteiger partial charge in [-0.1, -0.05) is 30.0 Å². The molecule has 3 aromatic rings. The zero-order valence-electron chi connectivity index (χ0n) is 14.1. The van der Waals surface area contributed by atoms with Crippen LogP contribution in [0.2, 0.25) is 0 Å². The molecule has 0 atom stereocenters. The summed E-state index contributed by atoms with van der Waals surface area (Å²) in [6, 6.07) is 6.36. The van der Waals surface area contributed by atoms with Crippen LogP contribution < -0.4 is 5.32 Å². The maximum absolute atomic E-state index is 12.1. The highest BCUT2D eigenvalue weighted by atomic mass is 32.2.